The van der Waals surface area contributed by atoms with Gasteiger partial charge in [-0.2, -0.15) is 0 Å². The third-order valence-corrected chi connectivity index (χ3v) is 2.71. The zero-order valence-corrected chi connectivity index (χ0v) is 7.47. The molecule has 0 bridgehead atoms. The number of carbonyl (C=O) groups excluding carboxylic acids is 1. The van der Waals surface area contributed by atoms with Crippen molar-refractivity contribution in [2.75, 3.05) is 0 Å². The maximum absolute atomic E-state index is 11.3. The van der Waals surface area contributed by atoms with Crippen LogP contribution in [0.1, 0.15) is 15.9 Å². The lowest BCUT2D eigenvalue weighted by Gasteiger charge is -1.92. The van der Waals surface area contributed by atoms with Crippen LogP contribution in [0, 0.1) is 0 Å². The maximum Gasteiger partial charge on any atom is 0.177 e. The lowest BCUT2D eigenvalue weighted by Crippen LogP contribution is -2.05. The summed E-state index contributed by atoms with van der Waals surface area (Å²) >= 11 is 3.33. The zero-order chi connectivity index (χ0) is 7.84. The molecule has 0 fully saturated rings. The lowest BCUT2D eigenvalue weighted by molar-refractivity contribution is 0.100. The number of Topliss-reactive ketones (excluding diaryl/α,β-unsaturated/α-hetero) is 1. The van der Waals surface area contributed by atoms with Crippen LogP contribution in [0.4, 0.5) is 0 Å². The van der Waals surface area contributed by atoms with E-state index < -0.39 is 0 Å². The summed E-state index contributed by atoms with van der Waals surface area (Å²) in [6.07, 6.45) is 0.842. The second kappa shape index (κ2) is 2.45. The minimum atomic E-state index is 0.0138. The molecule has 0 radical (unpaired) electrons. The SMILES string of the molecule is O=C1c2ccccc2CC1Br. The van der Waals surface area contributed by atoms with Crippen LogP contribution in [0.5, 0.6) is 0 Å². The average Bonchev–Trinajstić information content (AvgIpc) is 2.30. The smallest absolute Gasteiger partial charge is 0.177 e. The predicted molar refractivity (Wildman–Crippen MR) is 47.2 cm³/mol. The van der Waals surface area contributed by atoms with Gasteiger partial charge in [-0.15, -0.1) is 0 Å². The van der Waals surface area contributed by atoms with E-state index in [1.165, 1.54) is 5.56 Å². The van der Waals surface area contributed by atoms with Crippen LogP contribution >= 0.6 is 15.9 Å². The molecule has 1 aliphatic carbocycles. The summed E-state index contributed by atoms with van der Waals surface area (Å²) in [5.41, 5.74) is 2.05. The summed E-state index contributed by atoms with van der Waals surface area (Å²) in [7, 11) is 0. The average molecular weight is 211 g/mol. The van der Waals surface area contributed by atoms with Crippen molar-refractivity contribution >= 4 is 21.7 Å². The van der Waals surface area contributed by atoms with Crippen LogP contribution < -0.4 is 0 Å². The number of ketones is 1. The van der Waals surface area contributed by atoms with Crippen LogP contribution in [-0.4, -0.2) is 10.6 Å². The first kappa shape index (κ1) is 7.04. The number of carbonyl (C=O) groups is 1. The summed E-state index contributed by atoms with van der Waals surface area (Å²) in [4.78, 5) is 11.4. The molecule has 1 nitrogen and oxygen atoms in total. The monoisotopic (exact) mass is 210 g/mol. The van der Waals surface area contributed by atoms with E-state index in [2.05, 4.69) is 15.9 Å². The van der Waals surface area contributed by atoms with Gasteiger partial charge in [0.05, 0.1) is 4.83 Å². The van der Waals surface area contributed by atoms with Gasteiger partial charge in [0.25, 0.3) is 0 Å². The third kappa shape index (κ3) is 1.02. The van der Waals surface area contributed by atoms with Gasteiger partial charge in [0.1, 0.15) is 0 Å². The Kier molecular flexibility index (Phi) is 1.57. The Labute approximate surface area is 73.5 Å². The van der Waals surface area contributed by atoms with Gasteiger partial charge in [-0.1, -0.05) is 40.2 Å². The van der Waals surface area contributed by atoms with Crippen molar-refractivity contribution in [3.8, 4) is 0 Å². The minimum Gasteiger partial charge on any atom is -0.293 e. The molecule has 0 saturated carbocycles. The number of fused-ring (bicyclic) bond motifs is 1. The second-order valence-corrected chi connectivity index (χ2v) is 3.80. The molecular weight excluding hydrogens is 204 g/mol. The van der Waals surface area contributed by atoms with Crippen LogP contribution in [0.2, 0.25) is 0 Å². The number of hydrogen-bond donors (Lipinski definition) is 0. The van der Waals surface area contributed by atoms with E-state index in [1.807, 2.05) is 24.3 Å². The van der Waals surface area contributed by atoms with Crippen LogP contribution in [0.3, 0.4) is 0 Å². The van der Waals surface area contributed by atoms with Crippen LogP contribution in [0.15, 0.2) is 24.3 Å². The van der Waals surface area contributed by atoms with E-state index in [0.29, 0.717) is 0 Å². The number of rotatable bonds is 0. The Morgan fingerprint density at radius 3 is 2.82 bits per heavy atom. The first-order chi connectivity index (χ1) is 5.29. The van der Waals surface area contributed by atoms with Crippen LogP contribution in [0.25, 0.3) is 0 Å². The summed E-state index contributed by atoms with van der Waals surface area (Å²) in [5, 5.41) is 0. The lowest BCUT2D eigenvalue weighted by atomic mass is 10.1. The fourth-order valence-electron chi connectivity index (χ4n) is 1.39. The van der Waals surface area contributed by atoms with Gasteiger partial charge in [-0.3, -0.25) is 4.79 Å². The molecule has 0 saturated heterocycles. The van der Waals surface area contributed by atoms with Crippen molar-refractivity contribution in [3.05, 3.63) is 35.4 Å². The Morgan fingerprint density at radius 2 is 2.09 bits per heavy atom. The van der Waals surface area contributed by atoms with Crippen molar-refractivity contribution < 1.29 is 4.79 Å². The van der Waals surface area contributed by atoms with Gasteiger partial charge < -0.3 is 0 Å². The van der Waals surface area contributed by atoms with Crippen molar-refractivity contribution in [3.63, 3.8) is 0 Å². The van der Waals surface area contributed by atoms with Crippen LogP contribution in [-0.2, 0) is 6.42 Å². The Bertz CT molecular complexity index is 306. The molecule has 2 rings (SSSR count). The van der Waals surface area contributed by atoms with E-state index in [1.54, 1.807) is 0 Å². The van der Waals surface area contributed by atoms with E-state index in [9.17, 15) is 4.79 Å². The van der Waals surface area contributed by atoms with Crippen molar-refractivity contribution in [2.45, 2.75) is 11.2 Å². The first-order valence-electron chi connectivity index (χ1n) is 3.55. The van der Waals surface area contributed by atoms with Gasteiger partial charge in [0.2, 0.25) is 0 Å². The predicted octanol–water partition coefficient (Wildman–Crippen LogP) is 2.19. The van der Waals surface area contributed by atoms with Gasteiger partial charge in [0, 0.05) is 5.56 Å². The Hall–Kier alpha value is -0.630. The Morgan fingerprint density at radius 1 is 1.36 bits per heavy atom. The van der Waals surface area contributed by atoms with E-state index >= 15 is 0 Å². The number of halogens is 1. The fourth-order valence-corrected chi connectivity index (χ4v) is 1.99. The van der Waals surface area contributed by atoms with Gasteiger partial charge in [-0.05, 0) is 12.0 Å². The minimum absolute atomic E-state index is 0.0138. The van der Waals surface area contributed by atoms with Crippen molar-refractivity contribution in [1.29, 1.82) is 0 Å². The molecule has 1 unspecified atom stereocenters. The normalized spacial score (nSPS) is 21.9. The third-order valence-electron chi connectivity index (χ3n) is 1.97. The molecule has 0 aliphatic heterocycles. The maximum atomic E-state index is 11.3. The van der Waals surface area contributed by atoms with E-state index in [0.717, 1.165) is 12.0 Å². The highest BCUT2D eigenvalue weighted by Gasteiger charge is 2.27. The fraction of sp³-hybridized carbons (Fsp3) is 0.222. The molecule has 11 heavy (non-hydrogen) atoms. The molecule has 0 amide bonds. The molecule has 56 valence electrons. The van der Waals surface area contributed by atoms with Gasteiger partial charge in [0.15, 0.2) is 5.78 Å². The molecule has 2 heteroatoms. The molecule has 1 aromatic rings. The quantitative estimate of drug-likeness (QED) is 0.601. The highest BCUT2D eigenvalue weighted by atomic mass is 79.9. The molecule has 1 aliphatic rings. The second-order valence-electron chi connectivity index (χ2n) is 2.69. The van der Waals surface area contributed by atoms with E-state index in [-0.39, 0.29) is 10.6 Å². The number of benzene rings is 1. The molecule has 1 aromatic carbocycles. The van der Waals surface area contributed by atoms with E-state index in [4.69, 9.17) is 0 Å². The number of hydrogen-bond acceptors (Lipinski definition) is 1. The molecule has 1 atom stereocenters. The summed E-state index contributed by atoms with van der Waals surface area (Å²) in [6.45, 7) is 0. The highest BCUT2D eigenvalue weighted by Crippen LogP contribution is 2.25. The standard InChI is InChI=1S/C9H7BrO/c10-8-5-6-3-1-2-4-7(6)9(8)11/h1-4,8H,5H2. The zero-order valence-electron chi connectivity index (χ0n) is 5.88. The summed E-state index contributed by atoms with van der Waals surface area (Å²) in [5.74, 6) is 0.223. The molecule has 0 N–H and O–H groups in total. The largest absolute Gasteiger partial charge is 0.293 e. The van der Waals surface area contributed by atoms with Gasteiger partial charge in [-0.25, -0.2) is 0 Å². The molecular formula is C9H7BrO. The van der Waals surface area contributed by atoms with Crippen molar-refractivity contribution in [1.82, 2.24) is 0 Å². The molecule has 0 aromatic heterocycles. The molecule has 0 heterocycles. The summed E-state index contributed by atoms with van der Waals surface area (Å²) < 4.78 is 0. The first-order valence-corrected chi connectivity index (χ1v) is 4.47. The molecule has 0 spiro atoms. The number of alkyl halides is 1. The van der Waals surface area contributed by atoms with Crippen molar-refractivity contribution in [2.24, 2.45) is 0 Å². The summed E-state index contributed by atoms with van der Waals surface area (Å²) in [6, 6.07) is 7.77. The Balaban J connectivity index is 2.55. The topological polar surface area (TPSA) is 17.1 Å². The van der Waals surface area contributed by atoms with Gasteiger partial charge >= 0.3 is 0 Å². The highest BCUT2D eigenvalue weighted by molar-refractivity contribution is 9.10.